The maximum atomic E-state index is 14.4. The number of carbonyl (C=O) groups is 3. The fourth-order valence-electron chi connectivity index (χ4n) is 5.79. The van der Waals surface area contributed by atoms with Gasteiger partial charge in [0.05, 0.1) is 62.7 Å². The summed E-state index contributed by atoms with van der Waals surface area (Å²) in [6.45, 7) is 0. The number of nitrogens with one attached hydrogen (secondary N) is 2. The van der Waals surface area contributed by atoms with Gasteiger partial charge in [-0.25, -0.2) is 10.5 Å². The average Bonchev–Trinajstić information content (AvgIpc) is 3.13. The Balaban J connectivity index is 1.62. The van der Waals surface area contributed by atoms with Gasteiger partial charge in [0.15, 0.2) is 11.6 Å². The van der Waals surface area contributed by atoms with Gasteiger partial charge in [-0.05, 0) is 42.0 Å². The molecule has 6 rings (SSSR count). The Morgan fingerprint density at radius 3 is 2.27 bits per heavy atom. The first-order valence-corrected chi connectivity index (χ1v) is 17.9. The third-order valence-corrected chi connectivity index (χ3v) is 10.3. The number of halogens is 1. The second-order valence-corrected chi connectivity index (χ2v) is 14.0. The van der Waals surface area contributed by atoms with Crippen molar-refractivity contribution < 1.29 is 56.6 Å². The van der Waals surface area contributed by atoms with Gasteiger partial charge >= 0.3 is 0 Å². The molecule has 20 heteroatoms. The molecular formula is C32H22ClN3O13S3. The summed E-state index contributed by atoms with van der Waals surface area (Å²) in [5.74, 6) is -2.56. The normalized spacial score (nSPS) is 12.1. The van der Waals surface area contributed by atoms with Crippen molar-refractivity contribution in [2.75, 3.05) is 16.5 Å². The molecule has 1 aliphatic rings. The fourth-order valence-corrected chi connectivity index (χ4v) is 7.48. The summed E-state index contributed by atoms with van der Waals surface area (Å²) < 4.78 is 44.8. The van der Waals surface area contributed by atoms with Crippen LogP contribution in [0.25, 0.3) is 22.0 Å². The van der Waals surface area contributed by atoms with E-state index in [1.54, 1.807) is 24.3 Å². The van der Waals surface area contributed by atoms with Gasteiger partial charge in [0.25, 0.3) is 15.7 Å². The number of aryl methyl sites for hydroxylation is 1. The molecule has 16 nitrogen and oxygen atoms in total. The number of hydrogen-bond acceptors (Lipinski definition) is 15. The predicted octanol–water partition coefficient (Wildman–Crippen LogP) is 6.01. The highest BCUT2D eigenvalue weighted by molar-refractivity contribution is 7.95. The van der Waals surface area contributed by atoms with Crippen molar-refractivity contribution in [3.05, 3.63) is 105 Å². The minimum absolute atomic E-state index is 0.0207. The van der Waals surface area contributed by atoms with Crippen LogP contribution in [0.1, 0.15) is 31.8 Å². The summed E-state index contributed by atoms with van der Waals surface area (Å²) >= 11 is 6.55. The third-order valence-electron chi connectivity index (χ3n) is 7.89. The number of fused-ring (bicyclic) bond motifs is 2. The molecule has 1 amide bonds. The van der Waals surface area contributed by atoms with E-state index in [0.717, 1.165) is 12.1 Å². The van der Waals surface area contributed by atoms with E-state index in [1.165, 1.54) is 48.0 Å². The van der Waals surface area contributed by atoms with Crippen LogP contribution in [0.4, 0.5) is 17.1 Å². The van der Waals surface area contributed by atoms with Crippen LogP contribution in [0.5, 0.6) is 0 Å². The van der Waals surface area contributed by atoms with Crippen molar-refractivity contribution in [1.82, 2.24) is 4.57 Å². The number of amides is 1. The standard InChI is InChI=1S/C32H22ClN3O13S3/c1-36-22-10-9-19(34-20-12-21(35-25(37)14-33)24(52(43,44)45)13-23(20)51-49-47-42)27-28(22)26(17-7-2-3-8-18(17)31(27)39)29(32(36)40)30(38)15-5-4-6-16(11-15)50-48-46-41/h2-13,34,41-42H,14H2,1H3,(H,35,37)(H,43,44,45). The molecule has 0 aliphatic heterocycles. The molecule has 5 aromatic rings. The van der Waals surface area contributed by atoms with Crippen LogP contribution < -0.4 is 16.2 Å². The van der Waals surface area contributed by atoms with E-state index in [-0.39, 0.29) is 49.5 Å². The summed E-state index contributed by atoms with van der Waals surface area (Å²) in [5, 5.41) is 30.3. The molecular weight excluding hydrogens is 766 g/mol. The quantitative estimate of drug-likeness (QED) is 0.0226. The van der Waals surface area contributed by atoms with Crippen molar-refractivity contribution in [2.24, 2.45) is 7.05 Å². The first-order valence-electron chi connectivity index (χ1n) is 14.5. The van der Waals surface area contributed by atoms with Gasteiger partial charge in [-0.15, -0.1) is 20.3 Å². The maximum Gasteiger partial charge on any atom is 0.296 e. The average molecular weight is 788 g/mol. The van der Waals surface area contributed by atoms with Crippen molar-refractivity contribution in [1.29, 1.82) is 0 Å². The zero-order chi connectivity index (χ0) is 37.3. The molecule has 1 heterocycles. The summed E-state index contributed by atoms with van der Waals surface area (Å²) in [5.41, 5.74) is -0.166. The molecule has 0 spiro atoms. The molecule has 268 valence electrons. The lowest BCUT2D eigenvalue weighted by Gasteiger charge is -2.26. The van der Waals surface area contributed by atoms with E-state index < -0.39 is 49.6 Å². The molecule has 0 unspecified atom stereocenters. The third kappa shape index (κ3) is 6.95. The van der Waals surface area contributed by atoms with Gasteiger partial charge in [0, 0.05) is 34.0 Å². The van der Waals surface area contributed by atoms with Gasteiger partial charge in [0.2, 0.25) is 5.91 Å². The van der Waals surface area contributed by atoms with Gasteiger partial charge in [-0.1, -0.05) is 46.5 Å². The van der Waals surface area contributed by atoms with Crippen molar-refractivity contribution in [3.8, 4) is 11.1 Å². The summed E-state index contributed by atoms with van der Waals surface area (Å²) in [4.78, 5) is 54.4. The molecule has 5 N–H and O–H groups in total. The van der Waals surface area contributed by atoms with E-state index in [2.05, 4.69) is 29.4 Å². The summed E-state index contributed by atoms with van der Waals surface area (Å²) in [7, 11) is -3.51. The Hall–Kier alpha value is -4.64. The van der Waals surface area contributed by atoms with Crippen LogP contribution in [0, 0.1) is 0 Å². The SMILES string of the molecule is Cn1c(=O)c(C(=O)c2cccc(SOOO)c2)c2c3c(c(Nc4cc(NC(=O)CCl)c(S(=O)(=O)O)cc4SOOO)ccc31)C(=O)c1ccccc1-2. The minimum atomic E-state index is -4.96. The Labute approximate surface area is 306 Å². The largest absolute Gasteiger partial charge is 0.354 e. The van der Waals surface area contributed by atoms with Crippen molar-refractivity contribution in [3.63, 3.8) is 0 Å². The first kappa shape index (κ1) is 37.1. The molecule has 0 radical (unpaired) electrons. The number of pyridine rings is 1. The second-order valence-electron chi connectivity index (χ2n) is 10.8. The number of rotatable bonds is 13. The van der Waals surface area contributed by atoms with Gasteiger partial charge in [0.1, 0.15) is 10.8 Å². The number of alkyl halides is 1. The van der Waals surface area contributed by atoms with Crippen molar-refractivity contribution >= 4 is 91.2 Å². The molecule has 4 aromatic carbocycles. The predicted molar refractivity (Wildman–Crippen MR) is 188 cm³/mol. The highest BCUT2D eigenvalue weighted by atomic mass is 35.5. The molecule has 1 aromatic heterocycles. The molecule has 0 saturated carbocycles. The van der Waals surface area contributed by atoms with Crippen LogP contribution in [0.3, 0.4) is 0 Å². The number of ketones is 2. The second kappa shape index (κ2) is 15.1. The number of hydrogen-bond donors (Lipinski definition) is 5. The molecule has 0 atom stereocenters. The van der Waals surface area contributed by atoms with Gasteiger partial charge in [-0.2, -0.15) is 8.42 Å². The molecule has 52 heavy (non-hydrogen) atoms. The maximum absolute atomic E-state index is 14.4. The van der Waals surface area contributed by atoms with Gasteiger partial charge in [-0.3, -0.25) is 23.7 Å². The monoisotopic (exact) mass is 787 g/mol. The Morgan fingerprint density at radius 1 is 0.865 bits per heavy atom. The smallest absolute Gasteiger partial charge is 0.296 e. The zero-order valence-corrected chi connectivity index (χ0v) is 29.3. The zero-order valence-electron chi connectivity index (χ0n) is 26.1. The Morgan fingerprint density at radius 2 is 1.58 bits per heavy atom. The first-order chi connectivity index (χ1) is 24.9. The number of anilines is 3. The van der Waals surface area contributed by atoms with E-state index in [1.807, 2.05) is 0 Å². The van der Waals surface area contributed by atoms with Crippen LogP contribution in [0.15, 0.2) is 92.3 Å². The fraction of sp³-hybridized carbons (Fsp3) is 0.0625. The highest BCUT2D eigenvalue weighted by Crippen LogP contribution is 2.45. The summed E-state index contributed by atoms with van der Waals surface area (Å²) in [6.07, 6.45) is 0. The highest BCUT2D eigenvalue weighted by Gasteiger charge is 2.34. The van der Waals surface area contributed by atoms with Crippen LogP contribution >= 0.6 is 35.7 Å². The lowest BCUT2D eigenvalue weighted by Crippen LogP contribution is -2.29. The lowest BCUT2D eigenvalue weighted by atomic mass is 9.80. The number of carbonyl (C=O) groups excluding carboxylic acids is 3. The summed E-state index contributed by atoms with van der Waals surface area (Å²) in [6, 6.07) is 17.5. The van der Waals surface area contributed by atoms with E-state index >= 15 is 0 Å². The number of aromatic nitrogens is 1. The van der Waals surface area contributed by atoms with E-state index in [9.17, 15) is 32.1 Å². The Bertz CT molecular complexity index is 2470. The van der Waals surface area contributed by atoms with Crippen LogP contribution in [-0.4, -0.2) is 51.4 Å². The number of nitrogens with zero attached hydrogens (tertiary/aromatic N) is 1. The molecule has 0 saturated heterocycles. The number of benzene rings is 4. The van der Waals surface area contributed by atoms with Crippen LogP contribution in [-0.2, 0) is 40.7 Å². The lowest BCUT2D eigenvalue weighted by molar-refractivity contribution is -0.432. The molecule has 1 aliphatic carbocycles. The van der Waals surface area contributed by atoms with E-state index in [0.29, 0.717) is 40.1 Å². The Kier molecular flexibility index (Phi) is 10.8. The topological polar surface area (TPSA) is 229 Å². The molecule has 0 bridgehead atoms. The van der Waals surface area contributed by atoms with E-state index in [4.69, 9.17) is 22.1 Å². The van der Waals surface area contributed by atoms with Crippen LogP contribution in [0.2, 0.25) is 0 Å². The van der Waals surface area contributed by atoms with Gasteiger partial charge < -0.3 is 15.2 Å². The molecule has 0 fully saturated rings. The van der Waals surface area contributed by atoms with Crippen molar-refractivity contribution in [2.45, 2.75) is 14.7 Å². The minimum Gasteiger partial charge on any atom is -0.354 e.